The number of halogens is 4. The van der Waals surface area contributed by atoms with Crippen LogP contribution in [0.2, 0.25) is 0 Å². The van der Waals surface area contributed by atoms with E-state index in [2.05, 4.69) is 20.1 Å². The van der Waals surface area contributed by atoms with Gasteiger partial charge in [0.1, 0.15) is 17.4 Å². The number of hydrogen-bond donors (Lipinski definition) is 3. The number of H-pyrrole nitrogens is 2. The summed E-state index contributed by atoms with van der Waals surface area (Å²) in [6, 6.07) is 15.6. The monoisotopic (exact) mass is 687 g/mol. The molecule has 1 aliphatic rings. The fraction of sp³-hybridized carbons (Fsp3) is 0.270. The van der Waals surface area contributed by atoms with Gasteiger partial charge in [-0.2, -0.15) is 0 Å². The maximum atomic E-state index is 15.6. The molecule has 0 fully saturated rings. The summed E-state index contributed by atoms with van der Waals surface area (Å²) in [5.74, 6) is -6.10. The van der Waals surface area contributed by atoms with Gasteiger partial charge in [-0.05, 0) is 55.2 Å². The zero-order chi connectivity index (χ0) is 35.2. The predicted molar refractivity (Wildman–Crippen MR) is 177 cm³/mol. The molecule has 258 valence electrons. The Morgan fingerprint density at radius 1 is 1.08 bits per heavy atom. The topological polar surface area (TPSA) is 118 Å². The third-order valence-electron chi connectivity index (χ3n) is 9.34. The number of ether oxygens (including phenoxy) is 2. The Kier molecular flexibility index (Phi) is 8.36. The largest absolute Gasteiger partial charge is 0.481 e. The van der Waals surface area contributed by atoms with Crippen molar-refractivity contribution in [2.45, 2.75) is 51.0 Å². The quantitative estimate of drug-likeness (QED) is 0.161. The number of carboxylic acid groups (broad SMARTS) is 1. The number of aliphatic carboxylic acids is 1. The molecule has 0 radical (unpaired) electrons. The Bertz CT molecular complexity index is 2210. The lowest BCUT2D eigenvalue weighted by Gasteiger charge is -2.31. The molecule has 0 aliphatic carbocycles. The van der Waals surface area contributed by atoms with E-state index in [1.165, 1.54) is 47.4 Å². The first-order valence-corrected chi connectivity index (χ1v) is 16.1. The van der Waals surface area contributed by atoms with Crippen molar-refractivity contribution in [3.63, 3.8) is 0 Å². The van der Waals surface area contributed by atoms with E-state index in [9.17, 15) is 9.90 Å². The van der Waals surface area contributed by atoms with E-state index in [-0.39, 0.29) is 48.2 Å². The summed E-state index contributed by atoms with van der Waals surface area (Å²) in [4.78, 5) is 22.2. The van der Waals surface area contributed by atoms with Crippen LogP contribution in [0.25, 0.3) is 22.3 Å². The fourth-order valence-electron chi connectivity index (χ4n) is 6.37. The normalized spacial score (nSPS) is 18.2. The van der Waals surface area contributed by atoms with Gasteiger partial charge in [-0.25, -0.2) is 22.5 Å². The van der Waals surface area contributed by atoms with E-state index in [4.69, 9.17) is 9.47 Å². The smallest absolute Gasteiger partial charge is 0.306 e. The van der Waals surface area contributed by atoms with Crippen LogP contribution in [0.1, 0.15) is 49.1 Å². The molecule has 1 unspecified atom stereocenters. The Labute approximate surface area is 283 Å². The number of nitrogens with zero attached hydrogens (tertiary/aromatic N) is 3. The molecular weight excluding hydrogens is 654 g/mol. The van der Waals surface area contributed by atoms with Crippen LogP contribution in [-0.4, -0.2) is 48.3 Å². The second kappa shape index (κ2) is 12.7. The molecule has 1 aliphatic heterocycles. The van der Waals surface area contributed by atoms with Gasteiger partial charge in [0.25, 0.3) is 5.92 Å². The number of fused-ring (bicyclic) bond motifs is 10. The molecule has 0 saturated heterocycles. The summed E-state index contributed by atoms with van der Waals surface area (Å²) in [7, 11) is 0. The summed E-state index contributed by atoms with van der Waals surface area (Å²) in [6.07, 6.45) is 4.24. The lowest BCUT2D eigenvalue weighted by atomic mass is 9.74. The molecule has 13 heteroatoms. The molecule has 4 heterocycles. The highest BCUT2D eigenvalue weighted by Gasteiger charge is 2.38. The van der Waals surface area contributed by atoms with E-state index in [0.29, 0.717) is 27.7 Å². The number of alkyl halides is 2. The number of benzene rings is 3. The number of rotatable bonds is 4. The third kappa shape index (κ3) is 6.42. The first-order chi connectivity index (χ1) is 23.9. The number of aromatic amines is 2. The van der Waals surface area contributed by atoms with Crippen molar-refractivity contribution in [3.05, 3.63) is 113 Å². The maximum Gasteiger partial charge on any atom is 0.306 e. The molecule has 3 aromatic heterocycles. The SMILES string of the molecule is C[C@@H](Cc1cccc(C2(C)CCC(F)(F)COc3ccn(n3)Cc3c(c(F)cc4[nH]ccc34)Oc3ccc(F)c(c3)-c3ncc2[nH]3)c1)C(=O)O. The Morgan fingerprint density at radius 2 is 1.92 bits per heavy atom. The molecule has 0 spiro atoms. The van der Waals surface area contributed by atoms with E-state index < -0.39 is 47.9 Å². The zero-order valence-electron chi connectivity index (χ0n) is 27.1. The molecule has 0 saturated carbocycles. The summed E-state index contributed by atoms with van der Waals surface area (Å²) >= 11 is 0. The fourth-order valence-corrected chi connectivity index (χ4v) is 6.37. The average Bonchev–Trinajstić information content (AvgIpc) is 3.87. The van der Waals surface area contributed by atoms with Crippen LogP contribution >= 0.6 is 0 Å². The van der Waals surface area contributed by atoms with Crippen molar-refractivity contribution >= 4 is 16.9 Å². The second-order valence-corrected chi connectivity index (χ2v) is 13.0. The highest BCUT2D eigenvalue weighted by molar-refractivity contribution is 5.85. The lowest BCUT2D eigenvalue weighted by molar-refractivity contribution is -0.141. The van der Waals surface area contributed by atoms with Crippen LogP contribution in [0.15, 0.2) is 79.3 Å². The van der Waals surface area contributed by atoms with Crippen molar-refractivity contribution < 1.29 is 36.9 Å². The first-order valence-electron chi connectivity index (χ1n) is 16.1. The maximum absolute atomic E-state index is 15.6. The number of nitrogens with one attached hydrogen (secondary N) is 2. The van der Waals surface area contributed by atoms with Crippen LogP contribution in [0.5, 0.6) is 17.4 Å². The number of carboxylic acids is 1. The van der Waals surface area contributed by atoms with E-state index in [1.807, 2.05) is 0 Å². The highest BCUT2D eigenvalue weighted by atomic mass is 19.3. The van der Waals surface area contributed by atoms with Gasteiger partial charge in [-0.15, -0.1) is 5.10 Å². The minimum Gasteiger partial charge on any atom is -0.481 e. The van der Waals surface area contributed by atoms with Crippen molar-refractivity contribution in [2.75, 3.05) is 6.61 Å². The minimum atomic E-state index is -3.28. The molecule has 50 heavy (non-hydrogen) atoms. The molecule has 0 amide bonds. The van der Waals surface area contributed by atoms with Crippen molar-refractivity contribution in [2.24, 2.45) is 5.92 Å². The van der Waals surface area contributed by atoms with E-state index in [0.717, 1.165) is 5.56 Å². The van der Waals surface area contributed by atoms with E-state index in [1.54, 1.807) is 50.4 Å². The van der Waals surface area contributed by atoms with Crippen LogP contribution in [0, 0.1) is 17.6 Å². The summed E-state index contributed by atoms with van der Waals surface area (Å²) in [5.41, 5.74) is 1.65. The number of aromatic nitrogens is 5. The molecule has 3 N–H and O–H groups in total. The minimum absolute atomic E-state index is 0.0133. The van der Waals surface area contributed by atoms with Gasteiger partial charge < -0.3 is 24.5 Å². The van der Waals surface area contributed by atoms with Gasteiger partial charge in [0.15, 0.2) is 18.2 Å². The molecular formula is C37H33F4N5O4. The number of carbonyl (C=O) groups is 1. The first kappa shape index (κ1) is 32.9. The van der Waals surface area contributed by atoms with Crippen LogP contribution in [0.3, 0.4) is 0 Å². The van der Waals surface area contributed by atoms with Gasteiger partial charge in [-0.3, -0.25) is 9.48 Å². The average molecular weight is 688 g/mol. The van der Waals surface area contributed by atoms with Gasteiger partial charge in [-0.1, -0.05) is 31.2 Å². The Morgan fingerprint density at radius 3 is 2.74 bits per heavy atom. The Hall–Kier alpha value is -5.59. The van der Waals surface area contributed by atoms with Gasteiger partial charge >= 0.3 is 5.97 Å². The van der Waals surface area contributed by atoms with E-state index >= 15 is 17.6 Å². The predicted octanol–water partition coefficient (Wildman–Crippen LogP) is 8.25. The molecule has 9 nitrogen and oxygen atoms in total. The molecule has 3 aromatic carbocycles. The molecule has 6 aromatic rings. The van der Waals surface area contributed by atoms with Crippen molar-refractivity contribution in [3.8, 4) is 28.8 Å². The zero-order valence-corrected chi connectivity index (χ0v) is 27.1. The third-order valence-corrected chi connectivity index (χ3v) is 9.34. The van der Waals surface area contributed by atoms with Crippen LogP contribution < -0.4 is 9.47 Å². The lowest BCUT2D eigenvalue weighted by Crippen LogP contribution is -2.32. The summed E-state index contributed by atoms with van der Waals surface area (Å²) in [6.45, 7) is 2.44. The molecule has 6 bridgehead atoms. The van der Waals surface area contributed by atoms with Crippen LogP contribution in [0.4, 0.5) is 17.6 Å². The van der Waals surface area contributed by atoms with Gasteiger partial charge in [0.2, 0.25) is 5.88 Å². The van der Waals surface area contributed by atoms with Crippen molar-refractivity contribution in [1.29, 1.82) is 0 Å². The summed E-state index contributed by atoms with van der Waals surface area (Å²) in [5, 5.41) is 14.4. The van der Waals surface area contributed by atoms with Crippen molar-refractivity contribution in [1.82, 2.24) is 24.7 Å². The van der Waals surface area contributed by atoms with Gasteiger partial charge in [0, 0.05) is 64.7 Å². The summed E-state index contributed by atoms with van der Waals surface area (Å²) < 4.78 is 75.2. The Balaban J connectivity index is 1.35. The highest BCUT2D eigenvalue weighted by Crippen LogP contribution is 2.41. The number of hydrogen-bond acceptors (Lipinski definition) is 5. The van der Waals surface area contributed by atoms with Crippen LogP contribution in [-0.2, 0) is 23.2 Å². The number of imidazole rings is 1. The molecule has 7 rings (SSSR count). The second-order valence-electron chi connectivity index (χ2n) is 13.0. The standard InChI is InChI=1S/C37H33F4N5O4/c1-21(35(47)48)14-22-4-3-5-23(15-22)36(2)10-11-37(40,41)20-49-32-9-13-46(45-32)19-27-25-8-12-42-30(25)17-29(39)33(27)50-24-6-7-28(38)26(16-24)34-43-18-31(36)44-34/h3-9,12-13,15-18,21,42H,10-11,14,19-20H2,1-2H3,(H,43,44)(H,47,48)/t21-,36?/m0/s1. The van der Waals surface area contributed by atoms with Gasteiger partial charge in [0.05, 0.1) is 18.0 Å². The molecule has 2 atom stereocenters.